The number of nitrogens with zero attached hydrogens (tertiary/aromatic N) is 2. The summed E-state index contributed by atoms with van der Waals surface area (Å²) >= 11 is 5.53. The van der Waals surface area contributed by atoms with Crippen LogP contribution in [0.1, 0.15) is 5.56 Å². The highest BCUT2D eigenvalue weighted by Gasteiger charge is 2.29. The summed E-state index contributed by atoms with van der Waals surface area (Å²) in [6.07, 6.45) is -2.75. The second-order valence-corrected chi connectivity index (χ2v) is 3.40. The van der Waals surface area contributed by atoms with Gasteiger partial charge in [0.1, 0.15) is 12.4 Å². The molecule has 0 fully saturated rings. The van der Waals surface area contributed by atoms with Crippen LogP contribution in [0, 0.1) is 0 Å². The molecule has 6 heteroatoms. The molecule has 0 aliphatic carbocycles. The fourth-order valence-corrected chi connectivity index (χ4v) is 1.23. The Balaban J connectivity index is 2.70. The van der Waals surface area contributed by atoms with E-state index in [1.165, 1.54) is 19.3 Å². The van der Waals surface area contributed by atoms with E-state index < -0.39 is 12.7 Å². The third-order valence-electron chi connectivity index (χ3n) is 1.77. The Bertz CT molecular complexity index is 310. The topological polar surface area (TPSA) is 16.1 Å². The molecule has 0 aliphatic heterocycles. The summed E-state index contributed by atoms with van der Waals surface area (Å²) in [6.45, 7) is -1.01. The van der Waals surface area contributed by atoms with Gasteiger partial charge in [0, 0.05) is 19.1 Å². The minimum Gasteiger partial charge on any atom is -0.351 e. The molecule has 0 unspecified atom stereocenters. The molecule has 1 aromatic rings. The third-order valence-corrected chi connectivity index (χ3v) is 2.08. The van der Waals surface area contributed by atoms with Crippen molar-refractivity contribution in [2.24, 2.45) is 0 Å². The second-order valence-electron chi connectivity index (χ2n) is 3.13. The molecule has 15 heavy (non-hydrogen) atoms. The van der Waals surface area contributed by atoms with E-state index >= 15 is 0 Å². The molecule has 0 amide bonds. The van der Waals surface area contributed by atoms with Gasteiger partial charge < -0.3 is 4.90 Å². The maximum atomic E-state index is 12.0. The SMILES string of the molecule is CN(CC(F)(F)F)c1ccc(CCl)cn1. The fourth-order valence-electron chi connectivity index (χ4n) is 1.07. The van der Waals surface area contributed by atoms with Crippen molar-refractivity contribution in [1.82, 2.24) is 4.98 Å². The molecule has 0 atom stereocenters. The highest BCUT2D eigenvalue weighted by atomic mass is 35.5. The van der Waals surface area contributed by atoms with Crippen molar-refractivity contribution < 1.29 is 13.2 Å². The lowest BCUT2D eigenvalue weighted by molar-refractivity contribution is -0.119. The Morgan fingerprint density at radius 3 is 2.47 bits per heavy atom. The normalized spacial score (nSPS) is 11.5. The number of rotatable bonds is 3. The largest absolute Gasteiger partial charge is 0.405 e. The summed E-state index contributed by atoms with van der Waals surface area (Å²) in [6, 6.07) is 3.17. The first-order valence-electron chi connectivity index (χ1n) is 4.21. The van der Waals surface area contributed by atoms with Gasteiger partial charge in [0.2, 0.25) is 0 Å². The van der Waals surface area contributed by atoms with Gasteiger partial charge in [0.25, 0.3) is 0 Å². The van der Waals surface area contributed by atoms with E-state index in [1.54, 1.807) is 6.07 Å². The molecule has 0 radical (unpaired) electrons. The van der Waals surface area contributed by atoms with Crippen LogP contribution in [0.4, 0.5) is 19.0 Å². The van der Waals surface area contributed by atoms with Gasteiger partial charge in [-0.1, -0.05) is 6.07 Å². The third kappa shape index (κ3) is 3.95. The van der Waals surface area contributed by atoms with E-state index in [1.807, 2.05) is 0 Å². The zero-order valence-corrected chi connectivity index (χ0v) is 8.81. The lowest BCUT2D eigenvalue weighted by Gasteiger charge is -2.19. The molecule has 1 heterocycles. The molecular weight excluding hydrogens is 229 g/mol. The minimum absolute atomic E-state index is 0.279. The first-order chi connectivity index (χ1) is 6.92. The average Bonchev–Trinajstić information content (AvgIpc) is 2.15. The van der Waals surface area contributed by atoms with E-state index in [2.05, 4.69) is 4.98 Å². The van der Waals surface area contributed by atoms with E-state index in [9.17, 15) is 13.2 Å². The van der Waals surface area contributed by atoms with Crippen molar-refractivity contribution >= 4 is 17.4 Å². The molecule has 0 spiro atoms. The highest BCUT2D eigenvalue weighted by Crippen LogP contribution is 2.19. The predicted octanol–water partition coefficient (Wildman–Crippen LogP) is 2.82. The van der Waals surface area contributed by atoms with Crippen LogP contribution in [0.15, 0.2) is 18.3 Å². The number of anilines is 1. The highest BCUT2D eigenvalue weighted by molar-refractivity contribution is 6.17. The summed E-state index contributed by atoms with van der Waals surface area (Å²) in [5.41, 5.74) is 0.779. The fraction of sp³-hybridized carbons (Fsp3) is 0.444. The van der Waals surface area contributed by atoms with E-state index in [4.69, 9.17) is 11.6 Å². The lowest BCUT2D eigenvalue weighted by atomic mass is 10.3. The zero-order chi connectivity index (χ0) is 11.5. The summed E-state index contributed by atoms with van der Waals surface area (Å²) < 4.78 is 36.1. The molecule has 0 N–H and O–H groups in total. The molecular formula is C9H10ClF3N2. The Labute approximate surface area is 90.7 Å². The van der Waals surface area contributed by atoms with E-state index in [0.29, 0.717) is 5.88 Å². The van der Waals surface area contributed by atoms with Crippen molar-refractivity contribution in [2.45, 2.75) is 12.1 Å². The first-order valence-corrected chi connectivity index (χ1v) is 4.74. The van der Waals surface area contributed by atoms with Crippen LogP contribution in [0.25, 0.3) is 0 Å². The van der Waals surface area contributed by atoms with Gasteiger partial charge in [-0.15, -0.1) is 11.6 Å². The number of hydrogen-bond acceptors (Lipinski definition) is 2. The van der Waals surface area contributed by atoms with Crippen LogP contribution >= 0.6 is 11.6 Å². The molecule has 2 nitrogen and oxygen atoms in total. The Morgan fingerprint density at radius 2 is 2.07 bits per heavy atom. The number of hydrogen-bond donors (Lipinski definition) is 0. The molecule has 1 aromatic heterocycles. The molecule has 1 rings (SSSR count). The summed E-state index contributed by atoms with van der Waals surface area (Å²) in [4.78, 5) is 4.91. The Kier molecular flexibility index (Phi) is 3.79. The van der Waals surface area contributed by atoms with Crippen molar-refractivity contribution in [3.05, 3.63) is 23.9 Å². The molecule has 0 saturated heterocycles. The van der Waals surface area contributed by atoms with Gasteiger partial charge in [-0.05, 0) is 11.6 Å². The number of pyridine rings is 1. The summed E-state index contributed by atoms with van der Waals surface area (Å²) in [5, 5.41) is 0. The number of aromatic nitrogens is 1. The van der Waals surface area contributed by atoms with Gasteiger partial charge in [0.15, 0.2) is 0 Å². The van der Waals surface area contributed by atoms with Crippen molar-refractivity contribution in [1.29, 1.82) is 0 Å². The van der Waals surface area contributed by atoms with Gasteiger partial charge in [0.05, 0.1) is 0 Å². The number of alkyl halides is 4. The van der Waals surface area contributed by atoms with Crippen LogP contribution < -0.4 is 4.90 Å². The van der Waals surface area contributed by atoms with Crippen LogP contribution in [0.2, 0.25) is 0 Å². The summed E-state index contributed by atoms with van der Waals surface area (Å²) in [5.74, 6) is 0.581. The Morgan fingerprint density at radius 1 is 1.40 bits per heavy atom. The first kappa shape index (κ1) is 12.1. The van der Waals surface area contributed by atoms with E-state index in [0.717, 1.165) is 10.5 Å². The van der Waals surface area contributed by atoms with E-state index in [-0.39, 0.29) is 5.82 Å². The maximum absolute atomic E-state index is 12.0. The standard InChI is InChI=1S/C9H10ClF3N2/c1-15(6-9(11,12)13)8-3-2-7(4-10)5-14-8/h2-3,5H,4,6H2,1H3. The van der Waals surface area contributed by atoms with Crippen molar-refractivity contribution in [3.8, 4) is 0 Å². The van der Waals surface area contributed by atoms with Gasteiger partial charge >= 0.3 is 6.18 Å². The quantitative estimate of drug-likeness (QED) is 0.753. The predicted molar refractivity (Wildman–Crippen MR) is 53.1 cm³/mol. The zero-order valence-electron chi connectivity index (χ0n) is 8.05. The van der Waals surface area contributed by atoms with Gasteiger partial charge in [-0.3, -0.25) is 0 Å². The molecule has 0 aromatic carbocycles. The second kappa shape index (κ2) is 4.70. The average molecular weight is 239 g/mol. The molecule has 0 bridgehead atoms. The van der Waals surface area contributed by atoms with Gasteiger partial charge in [-0.2, -0.15) is 13.2 Å². The van der Waals surface area contributed by atoms with Crippen molar-refractivity contribution in [2.75, 3.05) is 18.5 Å². The van der Waals surface area contributed by atoms with Gasteiger partial charge in [-0.25, -0.2) is 4.98 Å². The smallest absolute Gasteiger partial charge is 0.351 e. The van der Waals surface area contributed by atoms with Crippen molar-refractivity contribution in [3.63, 3.8) is 0 Å². The molecule has 84 valence electrons. The monoisotopic (exact) mass is 238 g/mol. The van der Waals surface area contributed by atoms with Crippen LogP contribution in [0.3, 0.4) is 0 Å². The number of halogens is 4. The molecule has 0 saturated carbocycles. The minimum atomic E-state index is -4.22. The maximum Gasteiger partial charge on any atom is 0.405 e. The van der Waals surface area contributed by atoms with Crippen LogP contribution in [-0.2, 0) is 5.88 Å². The van der Waals surface area contributed by atoms with Crippen LogP contribution in [0.5, 0.6) is 0 Å². The summed E-state index contributed by atoms with van der Waals surface area (Å²) in [7, 11) is 1.34. The lowest BCUT2D eigenvalue weighted by Crippen LogP contribution is -2.31. The van der Waals surface area contributed by atoms with Crippen LogP contribution in [-0.4, -0.2) is 24.8 Å². The molecule has 0 aliphatic rings. The Hall–Kier alpha value is -0.970.